The predicted octanol–water partition coefficient (Wildman–Crippen LogP) is 3.39. The van der Waals surface area contributed by atoms with Gasteiger partial charge in [-0.3, -0.25) is 4.79 Å². The van der Waals surface area contributed by atoms with Crippen molar-refractivity contribution in [3.05, 3.63) is 58.0 Å². The third-order valence-corrected chi connectivity index (χ3v) is 2.88. The molecule has 0 aliphatic carbocycles. The lowest BCUT2D eigenvalue weighted by atomic mass is 10.1. The van der Waals surface area contributed by atoms with E-state index in [1.54, 1.807) is 43.3 Å². The topological polar surface area (TPSA) is 30.2 Å². The van der Waals surface area contributed by atoms with E-state index in [-0.39, 0.29) is 16.4 Å². The van der Waals surface area contributed by atoms with Gasteiger partial charge in [0.15, 0.2) is 0 Å². The van der Waals surface area contributed by atoms with E-state index >= 15 is 0 Å². The van der Waals surface area contributed by atoms with Crippen LogP contribution in [0.4, 0.5) is 4.39 Å². The molecule has 84 valence electrons. The summed E-state index contributed by atoms with van der Waals surface area (Å²) in [5.41, 5.74) is 0.896. The van der Waals surface area contributed by atoms with Gasteiger partial charge in [-0.05, 0) is 30.7 Å². The molecule has 3 aromatic rings. The number of halogens is 1. The molecule has 0 amide bonds. The standard InChI is InChI=1S/C14H9FO2/c1-8-6-7-11-12(13(8)15)14(16)9-4-2-3-5-10(9)17-11/h2-7H,1H3. The second kappa shape index (κ2) is 3.42. The molecular weight excluding hydrogens is 219 g/mol. The SMILES string of the molecule is Cc1ccc2oc3ccccc3c(=O)c2c1F. The van der Waals surface area contributed by atoms with Gasteiger partial charge in [-0.2, -0.15) is 0 Å². The lowest BCUT2D eigenvalue weighted by Gasteiger charge is -2.03. The van der Waals surface area contributed by atoms with Crippen LogP contribution in [0.15, 0.2) is 45.6 Å². The van der Waals surface area contributed by atoms with Crippen molar-refractivity contribution >= 4 is 21.9 Å². The van der Waals surface area contributed by atoms with E-state index in [9.17, 15) is 9.18 Å². The van der Waals surface area contributed by atoms with Gasteiger partial charge in [0.25, 0.3) is 0 Å². The van der Waals surface area contributed by atoms with E-state index in [2.05, 4.69) is 0 Å². The minimum Gasteiger partial charge on any atom is -0.456 e. The number of benzene rings is 2. The van der Waals surface area contributed by atoms with Crippen molar-refractivity contribution in [2.45, 2.75) is 6.92 Å². The third-order valence-electron chi connectivity index (χ3n) is 2.88. The first-order valence-electron chi connectivity index (χ1n) is 5.29. The summed E-state index contributed by atoms with van der Waals surface area (Å²) in [6, 6.07) is 10.1. The highest BCUT2D eigenvalue weighted by molar-refractivity contribution is 5.90. The number of aryl methyl sites for hydroxylation is 1. The highest BCUT2D eigenvalue weighted by atomic mass is 19.1. The van der Waals surface area contributed by atoms with Crippen molar-refractivity contribution in [1.29, 1.82) is 0 Å². The molecule has 0 N–H and O–H groups in total. The Morgan fingerprint density at radius 1 is 1.06 bits per heavy atom. The van der Waals surface area contributed by atoms with E-state index < -0.39 is 5.82 Å². The second-order valence-electron chi connectivity index (χ2n) is 4.00. The smallest absolute Gasteiger partial charge is 0.203 e. The monoisotopic (exact) mass is 228 g/mol. The van der Waals surface area contributed by atoms with Gasteiger partial charge in [-0.1, -0.05) is 18.2 Å². The van der Waals surface area contributed by atoms with Gasteiger partial charge in [0.05, 0.1) is 5.39 Å². The van der Waals surface area contributed by atoms with Crippen LogP contribution in [0, 0.1) is 12.7 Å². The van der Waals surface area contributed by atoms with Crippen LogP contribution in [0.5, 0.6) is 0 Å². The second-order valence-corrected chi connectivity index (χ2v) is 4.00. The minimum absolute atomic E-state index is 0.0312. The predicted molar refractivity (Wildman–Crippen MR) is 64.7 cm³/mol. The quantitative estimate of drug-likeness (QED) is 0.552. The van der Waals surface area contributed by atoms with Gasteiger partial charge in [0.2, 0.25) is 5.43 Å². The third kappa shape index (κ3) is 1.35. The molecule has 0 fully saturated rings. The van der Waals surface area contributed by atoms with E-state index in [1.165, 1.54) is 0 Å². The molecule has 0 spiro atoms. The van der Waals surface area contributed by atoms with Gasteiger partial charge in [0, 0.05) is 0 Å². The molecule has 2 nitrogen and oxygen atoms in total. The fourth-order valence-corrected chi connectivity index (χ4v) is 1.96. The summed E-state index contributed by atoms with van der Waals surface area (Å²) in [5.74, 6) is -0.498. The van der Waals surface area contributed by atoms with Crippen LogP contribution in [-0.4, -0.2) is 0 Å². The van der Waals surface area contributed by atoms with Gasteiger partial charge in [0.1, 0.15) is 22.4 Å². The first-order valence-corrected chi connectivity index (χ1v) is 5.29. The Morgan fingerprint density at radius 3 is 2.65 bits per heavy atom. The molecule has 0 atom stereocenters. The Labute approximate surface area is 96.3 Å². The molecule has 1 aromatic heterocycles. The first kappa shape index (κ1) is 10.0. The largest absolute Gasteiger partial charge is 0.456 e. The fraction of sp³-hybridized carbons (Fsp3) is 0.0714. The van der Waals surface area contributed by atoms with Gasteiger partial charge >= 0.3 is 0 Å². The van der Waals surface area contributed by atoms with Crippen molar-refractivity contribution < 1.29 is 8.81 Å². The summed E-state index contributed by atoms with van der Waals surface area (Å²) >= 11 is 0. The van der Waals surface area contributed by atoms with Crippen LogP contribution in [0.25, 0.3) is 21.9 Å². The average Bonchev–Trinajstić information content (AvgIpc) is 2.34. The van der Waals surface area contributed by atoms with Crippen molar-refractivity contribution in [1.82, 2.24) is 0 Å². The summed E-state index contributed by atoms with van der Waals surface area (Å²) in [6.45, 7) is 1.63. The Bertz CT molecular complexity index is 787. The van der Waals surface area contributed by atoms with E-state index in [0.29, 0.717) is 16.5 Å². The van der Waals surface area contributed by atoms with Crippen LogP contribution < -0.4 is 5.43 Å². The Morgan fingerprint density at radius 2 is 1.82 bits per heavy atom. The van der Waals surface area contributed by atoms with Crippen LogP contribution >= 0.6 is 0 Å². The molecule has 2 aromatic carbocycles. The maximum atomic E-state index is 13.9. The summed E-state index contributed by atoms with van der Waals surface area (Å²) in [4.78, 5) is 12.2. The number of para-hydroxylation sites is 1. The number of fused-ring (bicyclic) bond motifs is 2. The highest BCUT2D eigenvalue weighted by Gasteiger charge is 2.12. The van der Waals surface area contributed by atoms with Crippen LogP contribution in [0.2, 0.25) is 0 Å². The maximum absolute atomic E-state index is 13.9. The molecule has 0 bridgehead atoms. The zero-order valence-electron chi connectivity index (χ0n) is 9.16. The summed E-state index contributed by atoms with van der Waals surface area (Å²) in [7, 11) is 0. The van der Waals surface area contributed by atoms with E-state index in [4.69, 9.17) is 4.42 Å². The Hall–Kier alpha value is -2.16. The summed E-state index contributed by atoms with van der Waals surface area (Å²) in [6.07, 6.45) is 0. The molecular formula is C14H9FO2. The average molecular weight is 228 g/mol. The lowest BCUT2D eigenvalue weighted by molar-refractivity contribution is 0.617. The number of rotatable bonds is 0. The van der Waals surface area contributed by atoms with Crippen LogP contribution in [0.3, 0.4) is 0 Å². The van der Waals surface area contributed by atoms with Crippen molar-refractivity contribution in [2.75, 3.05) is 0 Å². The summed E-state index contributed by atoms with van der Waals surface area (Å²) in [5, 5.41) is 0.438. The Balaban J connectivity index is 2.66. The molecule has 0 aliphatic heterocycles. The zero-order valence-corrected chi connectivity index (χ0v) is 9.16. The normalized spacial score (nSPS) is 11.2. The molecule has 0 radical (unpaired) electrons. The van der Waals surface area contributed by atoms with Gasteiger partial charge in [-0.15, -0.1) is 0 Å². The summed E-state index contributed by atoms with van der Waals surface area (Å²) < 4.78 is 19.4. The molecule has 0 unspecified atom stereocenters. The molecule has 3 rings (SSSR count). The zero-order chi connectivity index (χ0) is 12.0. The Kier molecular flexibility index (Phi) is 2.01. The van der Waals surface area contributed by atoms with Crippen molar-refractivity contribution in [3.8, 4) is 0 Å². The van der Waals surface area contributed by atoms with Crippen LogP contribution in [-0.2, 0) is 0 Å². The van der Waals surface area contributed by atoms with E-state index in [0.717, 1.165) is 0 Å². The van der Waals surface area contributed by atoms with E-state index in [1.807, 2.05) is 0 Å². The van der Waals surface area contributed by atoms with Gasteiger partial charge in [-0.25, -0.2) is 4.39 Å². The highest BCUT2D eigenvalue weighted by Crippen LogP contribution is 2.22. The molecule has 17 heavy (non-hydrogen) atoms. The molecule has 0 saturated heterocycles. The van der Waals surface area contributed by atoms with Crippen molar-refractivity contribution in [3.63, 3.8) is 0 Å². The first-order chi connectivity index (χ1) is 8.18. The molecule has 1 heterocycles. The molecule has 0 saturated carbocycles. The lowest BCUT2D eigenvalue weighted by Crippen LogP contribution is -2.05. The molecule has 3 heteroatoms. The van der Waals surface area contributed by atoms with Crippen LogP contribution in [0.1, 0.15) is 5.56 Å². The maximum Gasteiger partial charge on any atom is 0.203 e. The van der Waals surface area contributed by atoms with Gasteiger partial charge < -0.3 is 4.42 Å². The number of hydrogen-bond donors (Lipinski definition) is 0. The molecule has 0 aliphatic rings. The fourth-order valence-electron chi connectivity index (χ4n) is 1.96. The van der Waals surface area contributed by atoms with Crippen molar-refractivity contribution in [2.24, 2.45) is 0 Å². The number of hydrogen-bond acceptors (Lipinski definition) is 2. The minimum atomic E-state index is -0.498.